The van der Waals surface area contributed by atoms with Gasteiger partial charge >= 0.3 is 0 Å². The largest absolute Gasteiger partial charge is 0.356 e. The van der Waals surface area contributed by atoms with Crippen LogP contribution >= 0.6 is 15.9 Å². The Morgan fingerprint density at radius 1 is 1.24 bits per heavy atom. The molecule has 3 heteroatoms. The molecule has 0 aromatic carbocycles. The van der Waals surface area contributed by atoms with Crippen LogP contribution in [0.25, 0.3) is 0 Å². The highest BCUT2D eigenvalue weighted by molar-refractivity contribution is 9.10. The molecule has 0 bridgehead atoms. The van der Waals surface area contributed by atoms with E-state index in [0.29, 0.717) is 6.04 Å². The summed E-state index contributed by atoms with van der Waals surface area (Å²) in [4.78, 5) is 6.92. The molecule has 1 saturated carbocycles. The highest BCUT2D eigenvalue weighted by Crippen LogP contribution is 2.29. The maximum Gasteiger partial charge on any atom is 0.142 e. The fraction of sp³-hybridized carbons (Fsp3) is 0.643. The van der Waals surface area contributed by atoms with Crippen LogP contribution in [-0.2, 0) is 0 Å². The molecule has 0 saturated heterocycles. The van der Waals surface area contributed by atoms with Crippen molar-refractivity contribution in [3.8, 4) is 0 Å². The predicted molar refractivity (Wildman–Crippen MR) is 76.6 cm³/mol. The SMILES string of the molecule is Cc1cnc(N(C)C2CCCCCC2)c(Br)c1. The van der Waals surface area contributed by atoms with Crippen LogP contribution in [0.5, 0.6) is 0 Å². The molecule has 0 unspecified atom stereocenters. The average molecular weight is 297 g/mol. The van der Waals surface area contributed by atoms with Crippen molar-refractivity contribution in [1.82, 2.24) is 4.98 Å². The topological polar surface area (TPSA) is 16.1 Å². The van der Waals surface area contributed by atoms with E-state index in [1.807, 2.05) is 6.20 Å². The van der Waals surface area contributed by atoms with E-state index in [1.54, 1.807) is 0 Å². The number of aromatic nitrogens is 1. The molecule has 94 valence electrons. The minimum Gasteiger partial charge on any atom is -0.356 e. The fourth-order valence-electron chi connectivity index (χ4n) is 2.60. The highest BCUT2D eigenvalue weighted by atomic mass is 79.9. The summed E-state index contributed by atoms with van der Waals surface area (Å²) in [6.07, 6.45) is 10.1. The monoisotopic (exact) mass is 296 g/mol. The van der Waals surface area contributed by atoms with Gasteiger partial charge in [0.05, 0.1) is 4.47 Å². The lowest BCUT2D eigenvalue weighted by molar-refractivity contribution is 0.548. The van der Waals surface area contributed by atoms with Crippen molar-refractivity contribution in [3.63, 3.8) is 0 Å². The second-order valence-electron chi connectivity index (χ2n) is 5.07. The van der Waals surface area contributed by atoms with Crippen LogP contribution in [0.2, 0.25) is 0 Å². The van der Waals surface area contributed by atoms with E-state index < -0.39 is 0 Å². The molecule has 1 heterocycles. The van der Waals surface area contributed by atoms with E-state index >= 15 is 0 Å². The first-order chi connectivity index (χ1) is 8.18. The molecular formula is C14H21BrN2. The number of pyridine rings is 1. The van der Waals surface area contributed by atoms with E-state index in [-0.39, 0.29) is 0 Å². The second kappa shape index (κ2) is 5.85. The third-order valence-electron chi connectivity index (χ3n) is 3.66. The lowest BCUT2D eigenvalue weighted by Gasteiger charge is -2.29. The average Bonchev–Trinajstić information content (AvgIpc) is 2.56. The van der Waals surface area contributed by atoms with Crippen LogP contribution in [0.4, 0.5) is 5.82 Å². The fourth-order valence-corrected chi connectivity index (χ4v) is 3.35. The van der Waals surface area contributed by atoms with Gasteiger partial charge in [-0.3, -0.25) is 0 Å². The molecule has 0 N–H and O–H groups in total. The number of rotatable bonds is 2. The normalized spacial score (nSPS) is 17.8. The Morgan fingerprint density at radius 2 is 1.88 bits per heavy atom. The van der Waals surface area contributed by atoms with E-state index in [1.165, 1.54) is 44.1 Å². The van der Waals surface area contributed by atoms with Gasteiger partial charge in [0.25, 0.3) is 0 Å². The molecule has 1 aliphatic rings. The Balaban J connectivity index is 2.14. The molecule has 1 aromatic heterocycles. The molecule has 2 nitrogen and oxygen atoms in total. The molecule has 0 atom stereocenters. The summed E-state index contributed by atoms with van der Waals surface area (Å²) in [6, 6.07) is 2.80. The van der Waals surface area contributed by atoms with Crippen LogP contribution in [0.15, 0.2) is 16.7 Å². The van der Waals surface area contributed by atoms with Gasteiger partial charge in [-0.05, 0) is 47.3 Å². The third kappa shape index (κ3) is 3.21. The minimum atomic E-state index is 0.656. The van der Waals surface area contributed by atoms with Gasteiger partial charge in [0.2, 0.25) is 0 Å². The van der Waals surface area contributed by atoms with Crippen molar-refractivity contribution in [3.05, 3.63) is 22.3 Å². The van der Waals surface area contributed by atoms with Crippen molar-refractivity contribution in [2.45, 2.75) is 51.5 Å². The Kier molecular flexibility index (Phi) is 4.43. The number of hydrogen-bond acceptors (Lipinski definition) is 2. The molecule has 0 aliphatic heterocycles. The van der Waals surface area contributed by atoms with Crippen LogP contribution in [0.1, 0.15) is 44.1 Å². The van der Waals surface area contributed by atoms with Crippen molar-refractivity contribution in [2.24, 2.45) is 0 Å². The Bertz CT molecular complexity index is 370. The molecule has 17 heavy (non-hydrogen) atoms. The summed E-state index contributed by atoms with van der Waals surface area (Å²) in [5.74, 6) is 1.09. The van der Waals surface area contributed by atoms with Gasteiger partial charge in [-0.1, -0.05) is 25.7 Å². The zero-order chi connectivity index (χ0) is 12.3. The summed E-state index contributed by atoms with van der Waals surface area (Å²) in [5.41, 5.74) is 1.20. The number of anilines is 1. The summed E-state index contributed by atoms with van der Waals surface area (Å²) in [7, 11) is 2.18. The first-order valence-electron chi connectivity index (χ1n) is 6.53. The molecule has 0 amide bonds. The van der Waals surface area contributed by atoms with Crippen LogP contribution in [0.3, 0.4) is 0 Å². The Labute approximate surface area is 113 Å². The lowest BCUT2D eigenvalue weighted by atomic mass is 10.1. The molecular weight excluding hydrogens is 276 g/mol. The predicted octanol–water partition coefficient (Wildman–Crippen LogP) is 4.31. The summed E-state index contributed by atoms with van der Waals surface area (Å²) >= 11 is 3.63. The second-order valence-corrected chi connectivity index (χ2v) is 5.93. The van der Waals surface area contributed by atoms with Gasteiger partial charge in [0.15, 0.2) is 0 Å². The zero-order valence-electron chi connectivity index (χ0n) is 10.7. The summed E-state index contributed by atoms with van der Waals surface area (Å²) in [6.45, 7) is 2.08. The van der Waals surface area contributed by atoms with Crippen LogP contribution < -0.4 is 4.90 Å². The number of halogens is 1. The van der Waals surface area contributed by atoms with Crippen LogP contribution in [0, 0.1) is 6.92 Å². The van der Waals surface area contributed by atoms with E-state index in [2.05, 4.69) is 45.9 Å². The molecule has 1 aliphatic carbocycles. The number of hydrogen-bond donors (Lipinski definition) is 0. The lowest BCUT2D eigenvalue weighted by Crippen LogP contribution is -2.32. The van der Waals surface area contributed by atoms with Crippen molar-refractivity contribution >= 4 is 21.7 Å². The number of aryl methyl sites for hydroxylation is 1. The van der Waals surface area contributed by atoms with Crippen LogP contribution in [-0.4, -0.2) is 18.1 Å². The van der Waals surface area contributed by atoms with Gasteiger partial charge < -0.3 is 4.90 Å². The first kappa shape index (κ1) is 12.9. The quantitative estimate of drug-likeness (QED) is 0.756. The first-order valence-corrected chi connectivity index (χ1v) is 7.33. The van der Waals surface area contributed by atoms with E-state index in [4.69, 9.17) is 0 Å². The van der Waals surface area contributed by atoms with Gasteiger partial charge in [-0.2, -0.15) is 0 Å². The van der Waals surface area contributed by atoms with Gasteiger partial charge in [-0.25, -0.2) is 4.98 Å². The van der Waals surface area contributed by atoms with E-state index in [0.717, 1.165) is 10.3 Å². The standard InChI is InChI=1S/C14H21BrN2/c1-11-9-13(15)14(16-10-11)17(2)12-7-5-3-4-6-8-12/h9-10,12H,3-8H2,1-2H3. The summed E-state index contributed by atoms with van der Waals surface area (Å²) in [5, 5.41) is 0. The maximum atomic E-state index is 4.56. The molecule has 2 rings (SSSR count). The molecule has 0 spiro atoms. The minimum absolute atomic E-state index is 0.656. The molecule has 0 radical (unpaired) electrons. The maximum absolute atomic E-state index is 4.56. The van der Waals surface area contributed by atoms with Gasteiger partial charge in [-0.15, -0.1) is 0 Å². The highest BCUT2D eigenvalue weighted by Gasteiger charge is 2.19. The number of nitrogens with zero attached hydrogens (tertiary/aromatic N) is 2. The Morgan fingerprint density at radius 3 is 2.47 bits per heavy atom. The molecule has 1 aromatic rings. The molecule has 1 fully saturated rings. The van der Waals surface area contributed by atoms with E-state index in [9.17, 15) is 0 Å². The zero-order valence-corrected chi connectivity index (χ0v) is 12.3. The van der Waals surface area contributed by atoms with Gasteiger partial charge in [0, 0.05) is 19.3 Å². The van der Waals surface area contributed by atoms with Crippen molar-refractivity contribution < 1.29 is 0 Å². The Hall–Kier alpha value is -0.570. The van der Waals surface area contributed by atoms with Crippen molar-refractivity contribution in [2.75, 3.05) is 11.9 Å². The smallest absolute Gasteiger partial charge is 0.142 e. The van der Waals surface area contributed by atoms with Crippen molar-refractivity contribution in [1.29, 1.82) is 0 Å². The van der Waals surface area contributed by atoms with Gasteiger partial charge in [0.1, 0.15) is 5.82 Å². The summed E-state index contributed by atoms with van der Waals surface area (Å²) < 4.78 is 1.12. The third-order valence-corrected chi connectivity index (χ3v) is 4.25.